The van der Waals surface area contributed by atoms with E-state index in [2.05, 4.69) is 10.4 Å². The third-order valence-electron chi connectivity index (χ3n) is 1.92. The first-order valence-electron chi connectivity index (χ1n) is 4.61. The van der Waals surface area contributed by atoms with E-state index in [4.69, 9.17) is 9.84 Å². The molecule has 0 spiro atoms. The summed E-state index contributed by atoms with van der Waals surface area (Å²) in [6.45, 7) is 1.37. The number of methoxy groups -OCH3 is 1. The molecule has 0 aromatic carbocycles. The van der Waals surface area contributed by atoms with Crippen LogP contribution in [0.3, 0.4) is 0 Å². The fourth-order valence-corrected chi connectivity index (χ4v) is 1.00. The Balaban J connectivity index is 2.58. The van der Waals surface area contributed by atoms with Crippen molar-refractivity contribution in [2.45, 2.75) is 19.6 Å². The summed E-state index contributed by atoms with van der Waals surface area (Å²) in [7, 11) is 1.43. The number of nitrogens with zero attached hydrogens (tertiary/aromatic N) is 2. The molecule has 0 aliphatic rings. The van der Waals surface area contributed by atoms with E-state index < -0.39 is 12.1 Å². The largest absolute Gasteiger partial charge is 0.480 e. The van der Waals surface area contributed by atoms with Gasteiger partial charge in [-0.3, -0.25) is 14.3 Å². The number of amides is 1. The van der Waals surface area contributed by atoms with Crippen LogP contribution in [0.25, 0.3) is 0 Å². The molecule has 2 N–H and O–H groups in total. The molecule has 1 heterocycles. The van der Waals surface area contributed by atoms with Crippen molar-refractivity contribution in [3.8, 4) is 0 Å². The van der Waals surface area contributed by atoms with Gasteiger partial charge in [-0.05, 0) is 6.92 Å². The maximum Gasteiger partial charge on any atom is 0.325 e. The third-order valence-corrected chi connectivity index (χ3v) is 1.92. The third kappa shape index (κ3) is 3.35. The van der Waals surface area contributed by atoms with Crippen molar-refractivity contribution in [2.75, 3.05) is 12.4 Å². The molecule has 0 saturated carbocycles. The Labute approximate surface area is 92.0 Å². The minimum atomic E-state index is -0.994. The van der Waals surface area contributed by atoms with E-state index in [0.29, 0.717) is 5.69 Å². The highest BCUT2D eigenvalue weighted by molar-refractivity contribution is 5.93. The van der Waals surface area contributed by atoms with Crippen LogP contribution in [0.2, 0.25) is 0 Å². The van der Waals surface area contributed by atoms with E-state index in [0.717, 1.165) is 0 Å². The van der Waals surface area contributed by atoms with Gasteiger partial charge in [-0.2, -0.15) is 5.10 Å². The molecule has 0 bridgehead atoms. The lowest BCUT2D eigenvalue weighted by Crippen LogP contribution is -2.26. The predicted octanol–water partition coefficient (Wildman–Crippen LogP) is -0.0589. The lowest BCUT2D eigenvalue weighted by Gasteiger charge is -2.08. The molecule has 1 amide bonds. The number of rotatable bonds is 5. The molecule has 16 heavy (non-hydrogen) atoms. The fourth-order valence-electron chi connectivity index (χ4n) is 1.00. The Morgan fingerprint density at radius 1 is 1.69 bits per heavy atom. The van der Waals surface area contributed by atoms with Crippen molar-refractivity contribution in [1.82, 2.24) is 9.78 Å². The Kier molecular flexibility index (Phi) is 4.01. The molecule has 1 unspecified atom stereocenters. The van der Waals surface area contributed by atoms with E-state index in [1.54, 1.807) is 6.92 Å². The number of aliphatic carboxylic acids is 1. The summed E-state index contributed by atoms with van der Waals surface area (Å²) in [5.74, 6) is -1.30. The second-order valence-electron chi connectivity index (χ2n) is 3.19. The van der Waals surface area contributed by atoms with Crippen molar-refractivity contribution in [2.24, 2.45) is 0 Å². The minimum Gasteiger partial charge on any atom is -0.480 e. The monoisotopic (exact) mass is 227 g/mol. The fraction of sp³-hybridized carbons (Fsp3) is 0.444. The molecule has 88 valence electrons. The summed E-state index contributed by atoms with van der Waals surface area (Å²) in [6, 6.07) is 0. The molecular weight excluding hydrogens is 214 g/mol. The highest BCUT2D eigenvalue weighted by Crippen LogP contribution is 2.05. The van der Waals surface area contributed by atoms with Gasteiger partial charge in [0.2, 0.25) is 0 Å². The Morgan fingerprint density at radius 2 is 2.38 bits per heavy atom. The van der Waals surface area contributed by atoms with Gasteiger partial charge in [0.15, 0.2) is 0 Å². The van der Waals surface area contributed by atoms with Crippen LogP contribution in [0.15, 0.2) is 12.4 Å². The first-order chi connectivity index (χ1) is 7.52. The Morgan fingerprint density at radius 3 is 2.94 bits per heavy atom. The number of carbonyl (C=O) groups excluding carboxylic acids is 1. The molecule has 1 aromatic heterocycles. The normalized spacial score (nSPS) is 12.1. The van der Waals surface area contributed by atoms with Gasteiger partial charge in [0.25, 0.3) is 5.91 Å². The smallest absolute Gasteiger partial charge is 0.325 e. The highest BCUT2D eigenvalue weighted by Gasteiger charge is 2.12. The Hall–Kier alpha value is -1.89. The van der Waals surface area contributed by atoms with Crippen LogP contribution in [0, 0.1) is 0 Å². The SMILES string of the molecule is COC(C)C(=O)Nc1cnn(CC(=O)O)c1. The Bertz CT molecular complexity index is 388. The van der Waals surface area contributed by atoms with Gasteiger partial charge >= 0.3 is 5.97 Å². The van der Waals surface area contributed by atoms with E-state index >= 15 is 0 Å². The van der Waals surface area contributed by atoms with E-state index in [1.165, 1.54) is 24.2 Å². The van der Waals surface area contributed by atoms with E-state index in [-0.39, 0.29) is 12.5 Å². The molecule has 0 fully saturated rings. The van der Waals surface area contributed by atoms with Crippen LogP contribution in [0.4, 0.5) is 5.69 Å². The predicted molar refractivity (Wildman–Crippen MR) is 55.0 cm³/mol. The first kappa shape index (κ1) is 12.2. The number of carboxylic acids is 1. The van der Waals surface area contributed by atoms with E-state index in [1.807, 2.05) is 0 Å². The zero-order valence-corrected chi connectivity index (χ0v) is 9.01. The molecule has 0 aliphatic heterocycles. The summed E-state index contributed by atoms with van der Waals surface area (Å²) >= 11 is 0. The number of nitrogens with one attached hydrogen (secondary N) is 1. The summed E-state index contributed by atoms with van der Waals surface area (Å²) in [4.78, 5) is 21.8. The van der Waals surface area contributed by atoms with Crippen LogP contribution in [0.1, 0.15) is 6.92 Å². The first-order valence-corrected chi connectivity index (χ1v) is 4.61. The van der Waals surface area contributed by atoms with Crippen molar-refractivity contribution in [3.63, 3.8) is 0 Å². The molecular formula is C9H13N3O4. The van der Waals surface area contributed by atoms with Gasteiger partial charge in [0.1, 0.15) is 12.6 Å². The molecule has 7 nitrogen and oxygen atoms in total. The zero-order chi connectivity index (χ0) is 12.1. The summed E-state index contributed by atoms with van der Waals surface area (Å²) in [5.41, 5.74) is 0.440. The number of anilines is 1. The number of aromatic nitrogens is 2. The number of carboxylic acid groups (broad SMARTS) is 1. The second-order valence-corrected chi connectivity index (χ2v) is 3.19. The van der Waals surface area contributed by atoms with E-state index in [9.17, 15) is 9.59 Å². The number of hydrogen-bond acceptors (Lipinski definition) is 4. The van der Waals surface area contributed by atoms with Gasteiger partial charge in [0.05, 0.1) is 11.9 Å². The molecule has 1 aromatic rings. The summed E-state index contributed by atoms with van der Waals surface area (Å²) < 4.78 is 6.04. The molecule has 1 atom stereocenters. The summed E-state index contributed by atoms with van der Waals surface area (Å²) in [6.07, 6.45) is 2.25. The lowest BCUT2D eigenvalue weighted by atomic mass is 10.3. The molecule has 1 rings (SSSR count). The standard InChI is InChI=1S/C9H13N3O4/c1-6(16-2)9(15)11-7-3-10-12(4-7)5-8(13)14/h3-4,6H,5H2,1-2H3,(H,11,15)(H,13,14). The van der Waals surface area contributed by atoms with Crippen molar-refractivity contribution in [3.05, 3.63) is 12.4 Å². The second kappa shape index (κ2) is 5.26. The number of hydrogen-bond donors (Lipinski definition) is 2. The average Bonchev–Trinajstić information content (AvgIpc) is 2.63. The van der Waals surface area contributed by atoms with Gasteiger partial charge in [0, 0.05) is 13.3 Å². The maximum atomic E-state index is 11.4. The minimum absolute atomic E-state index is 0.240. The number of carbonyl (C=O) groups is 2. The van der Waals surface area contributed by atoms with Crippen molar-refractivity contribution < 1.29 is 19.4 Å². The molecule has 7 heteroatoms. The molecule has 0 saturated heterocycles. The van der Waals surface area contributed by atoms with Gasteiger partial charge in [-0.25, -0.2) is 0 Å². The van der Waals surface area contributed by atoms with Crippen LogP contribution in [0.5, 0.6) is 0 Å². The van der Waals surface area contributed by atoms with Crippen molar-refractivity contribution in [1.29, 1.82) is 0 Å². The van der Waals surface area contributed by atoms with Gasteiger partial charge in [-0.15, -0.1) is 0 Å². The van der Waals surface area contributed by atoms with Crippen LogP contribution in [-0.2, 0) is 20.9 Å². The lowest BCUT2D eigenvalue weighted by molar-refractivity contribution is -0.137. The topological polar surface area (TPSA) is 93.5 Å². The zero-order valence-electron chi connectivity index (χ0n) is 9.01. The molecule has 0 aliphatic carbocycles. The summed E-state index contributed by atoms with van der Waals surface area (Å²) in [5, 5.41) is 14.8. The highest BCUT2D eigenvalue weighted by atomic mass is 16.5. The van der Waals surface area contributed by atoms with Crippen molar-refractivity contribution >= 4 is 17.6 Å². The maximum absolute atomic E-state index is 11.4. The van der Waals surface area contributed by atoms with Crippen LogP contribution >= 0.6 is 0 Å². The van der Waals surface area contributed by atoms with Gasteiger partial charge < -0.3 is 15.2 Å². The average molecular weight is 227 g/mol. The van der Waals surface area contributed by atoms with Crippen LogP contribution < -0.4 is 5.32 Å². The van der Waals surface area contributed by atoms with Crippen LogP contribution in [-0.4, -0.2) is 40.0 Å². The quantitative estimate of drug-likeness (QED) is 0.735. The number of ether oxygens (including phenoxy) is 1. The van der Waals surface area contributed by atoms with Gasteiger partial charge in [-0.1, -0.05) is 0 Å². The molecule has 0 radical (unpaired) electrons.